The zero-order valence-electron chi connectivity index (χ0n) is 13.0. The van der Waals surface area contributed by atoms with Crippen molar-refractivity contribution in [3.8, 4) is 9.88 Å². The van der Waals surface area contributed by atoms with Crippen molar-refractivity contribution >= 4 is 40.6 Å². The van der Waals surface area contributed by atoms with E-state index in [0.717, 1.165) is 22.7 Å². The lowest BCUT2D eigenvalue weighted by Gasteiger charge is -2.06. The van der Waals surface area contributed by atoms with Gasteiger partial charge in [-0.2, -0.15) is 0 Å². The van der Waals surface area contributed by atoms with Crippen LogP contribution in [0.1, 0.15) is 30.3 Å². The Hall–Kier alpha value is -2.26. The molecule has 3 amide bonds. The quantitative estimate of drug-likeness (QED) is 0.579. The molecule has 0 saturated heterocycles. The van der Waals surface area contributed by atoms with Crippen LogP contribution in [0.2, 0.25) is 0 Å². The minimum Gasteiger partial charge on any atom is -0.451 e. The van der Waals surface area contributed by atoms with Gasteiger partial charge in [-0.1, -0.05) is 19.4 Å². The molecule has 0 atom stereocenters. The molecule has 0 aliphatic carbocycles. The van der Waals surface area contributed by atoms with Crippen molar-refractivity contribution < 1.29 is 19.1 Å². The number of esters is 1. The lowest BCUT2D eigenvalue weighted by Crippen LogP contribution is -2.41. The van der Waals surface area contributed by atoms with Crippen LogP contribution in [0, 0.1) is 0 Å². The van der Waals surface area contributed by atoms with Gasteiger partial charge < -0.3 is 10.1 Å². The number of thiazole rings is 1. The van der Waals surface area contributed by atoms with Gasteiger partial charge in [0.15, 0.2) is 12.3 Å². The number of carbonyl (C=O) groups is 3. The van der Waals surface area contributed by atoms with E-state index < -0.39 is 24.5 Å². The molecule has 24 heavy (non-hydrogen) atoms. The highest BCUT2D eigenvalue weighted by Gasteiger charge is 2.16. The number of urea groups is 1. The Kier molecular flexibility index (Phi) is 6.89. The van der Waals surface area contributed by atoms with Crippen molar-refractivity contribution in [2.75, 3.05) is 13.2 Å². The number of imide groups is 1. The average molecular weight is 367 g/mol. The number of nitrogens with one attached hydrogen (secondary N) is 2. The summed E-state index contributed by atoms with van der Waals surface area (Å²) in [4.78, 5) is 40.0. The number of amides is 3. The summed E-state index contributed by atoms with van der Waals surface area (Å²) >= 11 is 2.85. The van der Waals surface area contributed by atoms with Gasteiger partial charge in [0, 0.05) is 11.9 Å². The van der Waals surface area contributed by atoms with Crippen LogP contribution in [0.4, 0.5) is 4.79 Å². The van der Waals surface area contributed by atoms with Crippen LogP contribution in [0.25, 0.3) is 9.88 Å². The third kappa shape index (κ3) is 5.43. The summed E-state index contributed by atoms with van der Waals surface area (Å²) in [6.45, 7) is 1.94. The first kappa shape index (κ1) is 18.1. The van der Waals surface area contributed by atoms with E-state index in [1.165, 1.54) is 22.7 Å². The predicted octanol–water partition coefficient (Wildman–Crippen LogP) is 2.65. The Labute approximate surface area is 147 Å². The van der Waals surface area contributed by atoms with Crippen molar-refractivity contribution in [2.45, 2.75) is 19.8 Å². The fourth-order valence-electron chi connectivity index (χ4n) is 1.67. The maximum Gasteiger partial charge on any atom is 0.358 e. The Morgan fingerprint density at radius 2 is 2.12 bits per heavy atom. The topological polar surface area (TPSA) is 97.4 Å². The first-order chi connectivity index (χ1) is 11.6. The average Bonchev–Trinajstić information content (AvgIpc) is 3.23. The van der Waals surface area contributed by atoms with Gasteiger partial charge in [-0.25, -0.2) is 14.6 Å². The lowest BCUT2D eigenvalue weighted by molar-refractivity contribution is -0.123. The molecule has 2 aromatic heterocycles. The van der Waals surface area contributed by atoms with Gasteiger partial charge >= 0.3 is 12.0 Å². The Bertz CT molecular complexity index is 697. The predicted molar refractivity (Wildman–Crippen MR) is 92.2 cm³/mol. The Morgan fingerprint density at radius 1 is 1.29 bits per heavy atom. The third-order valence-electron chi connectivity index (χ3n) is 2.85. The monoisotopic (exact) mass is 367 g/mol. The first-order valence-corrected chi connectivity index (χ1v) is 9.10. The van der Waals surface area contributed by atoms with Gasteiger partial charge in [-0.3, -0.25) is 10.1 Å². The number of carbonyl (C=O) groups excluding carboxylic acids is 3. The second-order valence-corrected chi connectivity index (χ2v) is 6.55. The molecule has 0 unspecified atom stereocenters. The fourth-order valence-corrected chi connectivity index (χ4v) is 3.28. The molecule has 2 aromatic rings. The standard InChI is InChI=1S/C15H17N3O4S2/c1-2-3-6-16-15(21)18-12(19)8-22-14(20)10-9-24-13(17-10)11-5-4-7-23-11/h4-5,7,9H,2-3,6,8H2,1H3,(H2,16,18,19,21). The highest BCUT2D eigenvalue weighted by Crippen LogP contribution is 2.27. The van der Waals surface area contributed by atoms with Crippen molar-refractivity contribution in [1.29, 1.82) is 0 Å². The van der Waals surface area contributed by atoms with Gasteiger partial charge in [-0.05, 0) is 17.9 Å². The molecule has 0 aliphatic rings. The van der Waals surface area contributed by atoms with E-state index in [-0.39, 0.29) is 5.69 Å². The number of ether oxygens (including phenoxy) is 1. The highest BCUT2D eigenvalue weighted by atomic mass is 32.1. The normalized spacial score (nSPS) is 10.2. The fraction of sp³-hybridized carbons (Fsp3) is 0.333. The van der Waals surface area contributed by atoms with Gasteiger partial charge in [0.1, 0.15) is 5.01 Å². The maximum absolute atomic E-state index is 11.9. The smallest absolute Gasteiger partial charge is 0.358 e. The van der Waals surface area contributed by atoms with Gasteiger partial charge in [-0.15, -0.1) is 22.7 Å². The van der Waals surface area contributed by atoms with Crippen molar-refractivity contribution in [3.63, 3.8) is 0 Å². The second-order valence-electron chi connectivity index (χ2n) is 4.75. The molecule has 0 radical (unpaired) electrons. The SMILES string of the molecule is CCCCNC(=O)NC(=O)COC(=O)c1csc(-c2cccs2)n1. The molecule has 0 bridgehead atoms. The molecule has 0 fully saturated rings. The molecule has 128 valence electrons. The van der Waals surface area contributed by atoms with Crippen LogP contribution in [0.5, 0.6) is 0 Å². The van der Waals surface area contributed by atoms with Gasteiger partial charge in [0.05, 0.1) is 4.88 Å². The number of hydrogen-bond acceptors (Lipinski definition) is 7. The minimum absolute atomic E-state index is 0.142. The minimum atomic E-state index is -0.699. The maximum atomic E-state index is 11.9. The number of nitrogens with zero attached hydrogens (tertiary/aromatic N) is 1. The van der Waals surface area contributed by atoms with Crippen LogP contribution < -0.4 is 10.6 Å². The largest absolute Gasteiger partial charge is 0.451 e. The van der Waals surface area contributed by atoms with E-state index >= 15 is 0 Å². The first-order valence-electron chi connectivity index (χ1n) is 7.34. The highest BCUT2D eigenvalue weighted by molar-refractivity contribution is 7.20. The summed E-state index contributed by atoms with van der Waals surface area (Å²) in [5.74, 6) is -1.39. The summed E-state index contributed by atoms with van der Waals surface area (Å²) in [6.07, 6.45) is 1.76. The van der Waals surface area contributed by atoms with Gasteiger partial charge in [0.2, 0.25) is 0 Å². The van der Waals surface area contributed by atoms with Crippen LogP contribution in [-0.4, -0.2) is 36.0 Å². The van der Waals surface area contributed by atoms with E-state index in [1.807, 2.05) is 24.4 Å². The van der Waals surface area contributed by atoms with Crippen LogP contribution in [0.15, 0.2) is 22.9 Å². The second kappa shape index (κ2) is 9.14. The zero-order chi connectivity index (χ0) is 17.4. The summed E-state index contributed by atoms with van der Waals surface area (Å²) in [5.41, 5.74) is 0.142. The number of aromatic nitrogens is 1. The lowest BCUT2D eigenvalue weighted by atomic mass is 10.3. The molecule has 0 aliphatic heterocycles. The van der Waals surface area contributed by atoms with E-state index in [9.17, 15) is 14.4 Å². The molecular weight excluding hydrogens is 350 g/mol. The number of unbranched alkanes of at least 4 members (excludes halogenated alkanes) is 1. The number of thiophene rings is 1. The van der Waals surface area contributed by atoms with Crippen LogP contribution >= 0.6 is 22.7 Å². The molecule has 2 N–H and O–H groups in total. The molecular formula is C15H17N3O4S2. The third-order valence-corrected chi connectivity index (χ3v) is 4.73. The van der Waals surface area contributed by atoms with Crippen molar-refractivity contribution in [1.82, 2.24) is 15.6 Å². The molecule has 2 rings (SSSR count). The van der Waals surface area contributed by atoms with Gasteiger partial charge in [0.25, 0.3) is 5.91 Å². The molecule has 0 saturated carbocycles. The number of hydrogen-bond donors (Lipinski definition) is 2. The summed E-state index contributed by atoms with van der Waals surface area (Å²) < 4.78 is 4.86. The number of rotatable bonds is 7. The summed E-state index contributed by atoms with van der Waals surface area (Å²) in [5, 5.41) is 8.84. The molecule has 2 heterocycles. The van der Waals surface area contributed by atoms with Crippen molar-refractivity contribution in [3.05, 3.63) is 28.6 Å². The van der Waals surface area contributed by atoms with Crippen LogP contribution in [-0.2, 0) is 9.53 Å². The summed E-state index contributed by atoms with van der Waals surface area (Å²) in [6, 6.07) is 3.21. The molecule has 9 heteroatoms. The Balaban J connectivity index is 1.76. The van der Waals surface area contributed by atoms with E-state index in [4.69, 9.17) is 4.74 Å². The Morgan fingerprint density at radius 3 is 2.83 bits per heavy atom. The van der Waals surface area contributed by atoms with E-state index in [2.05, 4.69) is 15.6 Å². The zero-order valence-corrected chi connectivity index (χ0v) is 14.7. The summed E-state index contributed by atoms with van der Waals surface area (Å²) in [7, 11) is 0. The van der Waals surface area contributed by atoms with Crippen molar-refractivity contribution in [2.24, 2.45) is 0 Å². The van der Waals surface area contributed by atoms with E-state index in [1.54, 1.807) is 5.38 Å². The molecule has 0 spiro atoms. The molecule has 0 aromatic carbocycles. The molecule has 7 nitrogen and oxygen atoms in total. The van der Waals surface area contributed by atoms with Crippen LogP contribution in [0.3, 0.4) is 0 Å². The van der Waals surface area contributed by atoms with E-state index in [0.29, 0.717) is 6.54 Å².